The third-order valence-corrected chi connectivity index (χ3v) is 8.66. The molecule has 0 spiro atoms. The van der Waals surface area contributed by atoms with Crippen molar-refractivity contribution >= 4 is 29.4 Å². The van der Waals surface area contributed by atoms with Gasteiger partial charge in [-0.15, -0.1) is 0 Å². The Labute approximate surface area is 279 Å². The summed E-state index contributed by atoms with van der Waals surface area (Å²) in [4.78, 5) is 44.2. The van der Waals surface area contributed by atoms with E-state index >= 15 is 0 Å². The van der Waals surface area contributed by atoms with Crippen molar-refractivity contribution in [3.63, 3.8) is 0 Å². The van der Waals surface area contributed by atoms with Gasteiger partial charge in [-0.2, -0.15) is 5.10 Å². The zero-order chi connectivity index (χ0) is 33.9. The number of hydrogen-bond donors (Lipinski definition) is 0. The molecule has 0 saturated heterocycles. The lowest BCUT2D eigenvalue weighted by atomic mass is 9.95. The second-order valence-electron chi connectivity index (χ2n) is 10.7. The fourth-order valence-electron chi connectivity index (χ4n) is 5.55. The largest absolute Gasteiger partial charge is 0.494 e. The Balaban J connectivity index is 1.54. The first-order chi connectivity index (χ1) is 23.2. The monoisotopic (exact) mass is 664 g/mol. The molecular formula is C36H32N4O7S. The number of benzene rings is 3. The number of esters is 2. The smallest absolute Gasteiger partial charge is 0.338 e. The van der Waals surface area contributed by atoms with Crippen molar-refractivity contribution in [1.82, 2.24) is 14.3 Å². The summed E-state index contributed by atoms with van der Waals surface area (Å²) < 4.78 is 25.2. The van der Waals surface area contributed by atoms with E-state index in [9.17, 15) is 14.4 Å². The molecule has 12 heteroatoms. The van der Waals surface area contributed by atoms with Gasteiger partial charge in [0.2, 0.25) is 0 Å². The molecule has 2 aromatic heterocycles. The first-order valence-corrected chi connectivity index (χ1v) is 15.9. The van der Waals surface area contributed by atoms with Gasteiger partial charge >= 0.3 is 11.9 Å². The lowest BCUT2D eigenvalue weighted by molar-refractivity contribution is -0.136. The predicted octanol–water partition coefficient (Wildman–Crippen LogP) is 4.59. The number of carbonyl (C=O) groups excluding carboxylic acids is 2. The van der Waals surface area contributed by atoms with Crippen LogP contribution in [0.25, 0.3) is 23.0 Å². The Hall–Kier alpha value is -5.75. The highest BCUT2D eigenvalue weighted by atomic mass is 32.1. The molecule has 1 atom stereocenters. The summed E-state index contributed by atoms with van der Waals surface area (Å²) >= 11 is 1.20. The van der Waals surface area contributed by atoms with Crippen LogP contribution in [0.2, 0.25) is 0 Å². The molecule has 0 unspecified atom stereocenters. The minimum atomic E-state index is -0.895. The van der Waals surface area contributed by atoms with Crippen molar-refractivity contribution in [3.05, 3.63) is 121 Å². The van der Waals surface area contributed by atoms with Crippen LogP contribution in [-0.2, 0) is 14.3 Å². The molecule has 1 aliphatic rings. The molecule has 3 heterocycles. The van der Waals surface area contributed by atoms with Crippen molar-refractivity contribution in [1.29, 1.82) is 0 Å². The van der Waals surface area contributed by atoms with E-state index in [2.05, 4.69) is 4.99 Å². The van der Waals surface area contributed by atoms with Crippen LogP contribution in [0, 0.1) is 0 Å². The normalized spacial score (nSPS) is 14.3. The summed E-state index contributed by atoms with van der Waals surface area (Å²) in [7, 11) is 2.72. The Morgan fingerprint density at radius 2 is 1.75 bits per heavy atom. The zero-order valence-corrected chi connectivity index (χ0v) is 27.7. The molecule has 0 saturated carbocycles. The van der Waals surface area contributed by atoms with Crippen LogP contribution in [0.1, 0.15) is 37.9 Å². The number of rotatable bonds is 9. The molecule has 48 heavy (non-hydrogen) atoms. The Morgan fingerprint density at radius 3 is 2.42 bits per heavy atom. The van der Waals surface area contributed by atoms with Crippen LogP contribution in [0.15, 0.2) is 100 Å². The third kappa shape index (κ3) is 6.17. The minimum Gasteiger partial charge on any atom is -0.494 e. The average molecular weight is 665 g/mol. The molecular weight excluding hydrogens is 632 g/mol. The Bertz CT molecular complexity index is 2230. The van der Waals surface area contributed by atoms with Gasteiger partial charge in [0.05, 0.1) is 48.4 Å². The zero-order valence-electron chi connectivity index (χ0n) is 26.9. The molecule has 11 nitrogen and oxygen atoms in total. The standard InChI is InChI=1S/C36H32N4O7S/c1-6-46-27-15-12-23(13-16-27)32-25(20-39(38-32)26-10-8-7-9-11-26)19-30-34(42)40-33(31(35(43)45-5)21(2)37-36(40)48-30)24-14-17-28(47-22(3)41)29(18-24)44-4/h7-20,33H,6H2,1-5H3/b30-19+/t33-/m0/s1. The lowest BCUT2D eigenvalue weighted by Crippen LogP contribution is -2.39. The molecule has 0 bridgehead atoms. The molecule has 1 aliphatic heterocycles. The van der Waals surface area contributed by atoms with E-state index in [1.165, 1.54) is 37.0 Å². The fourth-order valence-corrected chi connectivity index (χ4v) is 6.59. The van der Waals surface area contributed by atoms with E-state index in [-0.39, 0.29) is 22.6 Å². The summed E-state index contributed by atoms with van der Waals surface area (Å²) in [6.07, 6.45) is 3.67. The van der Waals surface area contributed by atoms with Crippen LogP contribution in [0.5, 0.6) is 17.2 Å². The van der Waals surface area contributed by atoms with E-state index in [0.29, 0.717) is 38.5 Å². The van der Waals surface area contributed by atoms with Crippen molar-refractivity contribution in [2.75, 3.05) is 20.8 Å². The lowest BCUT2D eigenvalue weighted by Gasteiger charge is -2.25. The van der Waals surface area contributed by atoms with Crippen molar-refractivity contribution in [2.45, 2.75) is 26.8 Å². The van der Waals surface area contributed by atoms with Crippen molar-refractivity contribution in [2.24, 2.45) is 4.99 Å². The van der Waals surface area contributed by atoms with Gasteiger partial charge in [0.1, 0.15) is 11.4 Å². The molecule has 0 radical (unpaired) electrons. The quantitative estimate of drug-likeness (QED) is 0.166. The van der Waals surface area contributed by atoms with Crippen LogP contribution < -0.4 is 29.1 Å². The molecule has 0 aliphatic carbocycles. The van der Waals surface area contributed by atoms with Gasteiger partial charge in [0, 0.05) is 24.2 Å². The van der Waals surface area contributed by atoms with E-state index < -0.39 is 18.0 Å². The highest BCUT2D eigenvalue weighted by Crippen LogP contribution is 2.36. The molecule has 5 aromatic rings. The summed E-state index contributed by atoms with van der Waals surface area (Å²) in [5.74, 6) is 0.0735. The second-order valence-corrected chi connectivity index (χ2v) is 11.8. The fraction of sp³-hybridized carbons (Fsp3) is 0.194. The highest BCUT2D eigenvalue weighted by Gasteiger charge is 2.34. The van der Waals surface area contributed by atoms with Crippen molar-refractivity contribution in [3.8, 4) is 34.2 Å². The van der Waals surface area contributed by atoms with Crippen LogP contribution in [0.3, 0.4) is 0 Å². The Kier molecular flexibility index (Phi) is 9.08. The molecule has 0 fully saturated rings. The Morgan fingerprint density at radius 1 is 1.00 bits per heavy atom. The van der Waals surface area contributed by atoms with Crippen molar-refractivity contribution < 1.29 is 28.5 Å². The average Bonchev–Trinajstić information content (AvgIpc) is 3.65. The number of allylic oxidation sites excluding steroid dienone is 1. The number of methoxy groups -OCH3 is 2. The number of hydrogen-bond acceptors (Lipinski definition) is 10. The number of carbonyl (C=O) groups is 2. The topological polar surface area (TPSA) is 123 Å². The van der Waals surface area contributed by atoms with Gasteiger partial charge in [-0.1, -0.05) is 35.6 Å². The van der Waals surface area contributed by atoms with E-state index in [0.717, 1.165) is 17.0 Å². The number of para-hydroxylation sites is 1. The van der Waals surface area contributed by atoms with Gasteiger partial charge in [0.15, 0.2) is 16.3 Å². The first-order valence-electron chi connectivity index (χ1n) is 15.1. The molecule has 0 N–H and O–H groups in total. The molecule has 0 amide bonds. The summed E-state index contributed by atoms with van der Waals surface area (Å²) in [5, 5.41) is 4.90. The summed E-state index contributed by atoms with van der Waals surface area (Å²) in [6, 6.07) is 21.3. The van der Waals surface area contributed by atoms with Gasteiger partial charge in [-0.25, -0.2) is 14.5 Å². The first kappa shape index (κ1) is 32.2. The maximum absolute atomic E-state index is 14.3. The van der Waals surface area contributed by atoms with Crippen LogP contribution in [-0.4, -0.2) is 47.1 Å². The number of ether oxygens (including phenoxy) is 4. The van der Waals surface area contributed by atoms with Gasteiger partial charge in [-0.05, 0) is 74.0 Å². The maximum atomic E-state index is 14.3. The van der Waals surface area contributed by atoms with E-state index in [1.807, 2.05) is 67.7 Å². The van der Waals surface area contributed by atoms with E-state index in [4.69, 9.17) is 24.0 Å². The summed E-state index contributed by atoms with van der Waals surface area (Å²) in [5.41, 5.74) is 3.87. The molecule has 3 aromatic carbocycles. The van der Waals surface area contributed by atoms with Gasteiger partial charge in [-0.3, -0.25) is 14.2 Å². The van der Waals surface area contributed by atoms with Gasteiger partial charge in [0.25, 0.3) is 5.56 Å². The highest BCUT2D eigenvalue weighted by molar-refractivity contribution is 7.07. The molecule has 244 valence electrons. The SMILES string of the molecule is CCOc1ccc(-c2nn(-c3ccccc3)cc2/C=c2/sc3n(c2=O)[C@@H](c2ccc(OC(C)=O)c(OC)c2)C(C(=O)OC)=C(C)N=3)cc1. The van der Waals surface area contributed by atoms with Crippen LogP contribution in [0.4, 0.5) is 0 Å². The maximum Gasteiger partial charge on any atom is 0.338 e. The second kappa shape index (κ2) is 13.5. The van der Waals surface area contributed by atoms with Gasteiger partial charge < -0.3 is 18.9 Å². The predicted molar refractivity (Wildman–Crippen MR) is 180 cm³/mol. The summed E-state index contributed by atoms with van der Waals surface area (Å²) in [6.45, 7) is 5.47. The number of thiazole rings is 1. The van der Waals surface area contributed by atoms with Crippen LogP contribution >= 0.6 is 11.3 Å². The molecule has 6 rings (SSSR count). The minimum absolute atomic E-state index is 0.200. The number of nitrogens with zero attached hydrogens (tertiary/aromatic N) is 4. The number of aromatic nitrogens is 3. The number of fused-ring (bicyclic) bond motifs is 1. The third-order valence-electron chi connectivity index (χ3n) is 7.67. The van der Waals surface area contributed by atoms with E-state index in [1.54, 1.807) is 35.9 Å².